The van der Waals surface area contributed by atoms with Gasteiger partial charge in [-0.05, 0) is 42.7 Å². The zero-order valence-electron chi connectivity index (χ0n) is 14.4. The van der Waals surface area contributed by atoms with E-state index >= 15 is 0 Å². The zero-order valence-corrected chi connectivity index (χ0v) is 14.4. The maximum atomic E-state index is 12.9. The number of likely N-dealkylation sites (tertiary alicyclic amines) is 1. The lowest BCUT2D eigenvalue weighted by Gasteiger charge is -2.30. The molecule has 0 bridgehead atoms. The molecule has 5 nitrogen and oxygen atoms in total. The first-order chi connectivity index (χ1) is 12.6. The number of hydrogen-bond acceptors (Lipinski definition) is 3. The van der Waals surface area contributed by atoms with E-state index in [-0.39, 0.29) is 30.3 Å². The van der Waals surface area contributed by atoms with Gasteiger partial charge in [-0.2, -0.15) is 0 Å². The first-order valence-electron chi connectivity index (χ1n) is 8.64. The molecule has 1 saturated heterocycles. The fourth-order valence-electron chi connectivity index (χ4n) is 2.91. The number of nitrogens with zero attached hydrogens (tertiary/aromatic N) is 1. The monoisotopic (exact) mass is 356 g/mol. The summed E-state index contributed by atoms with van der Waals surface area (Å²) in [5, 5.41) is 2.79. The van der Waals surface area contributed by atoms with Crippen molar-refractivity contribution in [3.63, 3.8) is 0 Å². The molecule has 6 heteroatoms. The van der Waals surface area contributed by atoms with Crippen LogP contribution in [0.15, 0.2) is 54.6 Å². The lowest BCUT2D eigenvalue weighted by atomic mass is 9.96. The molecule has 0 spiro atoms. The van der Waals surface area contributed by atoms with E-state index in [1.807, 2.05) is 30.3 Å². The van der Waals surface area contributed by atoms with Gasteiger partial charge in [0, 0.05) is 24.7 Å². The van der Waals surface area contributed by atoms with Gasteiger partial charge < -0.3 is 15.0 Å². The summed E-state index contributed by atoms with van der Waals surface area (Å²) < 4.78 is 18.2. The number of rotatable bonds is 4. The predicted molar refractivity (Wildman–Crippen MR) is 96.0 cm³/mol. The van der Waals surface area contributed by atoms with Crippen molar-refractivity contribution in [2.24, 2.45) is 5.92 Å². The highest BCUT2D eigenvalue weighted by molar-refractivity contribution is 5.92. The molecule has 2 aromatic carbocycles. The number of hydrogen-bond donors (Lipinski definition) is 1. The second-order valence-electron chi connectivity index (χ2n) is 6.30. The third-order valence-electron chi connectivity index (χ3n) is 4.44. The molecule has 2 aromatic rings. The van der Waals surface area contributed by atoms with Gasteiger partial charge in [0.05, 0.1) is 0 Å². The second-order valence-corrected chi connectivity index (χ2v) is 6.30. The van der Waals surface area contributed by atoms with Crippen LogP contribution in [0.25, 0.3) is 0 Å². The fourth-order valence-corrected chi connectivity index (χ4v) is 2.91. The lowest BCUT2D eigenvalue weighted by molar-refractivity contribution is -0.121. The number of amides is 2. The lowest BCUT2D eigenvalue weighted by Crippen LogP contribution is -2.41. The van der Waals surface area contributed by atoms with Gasteiger partial charge in [-0.25, -0.2) is 9.18 Å². The molecule has 3 rings (SSSR count). The molecule has 0 aromatic heterocycles. The maximum Gasteiger partial charge on any atom is 0.410 e. The molecule has 26 heavy (non-hydrogen) atoms. The van der Waals surface area contributed by atoms with E-state index in [1.54, 1.807) is 4.90 Å². The van der Waals surface area contributed by atoms with Crippen molar-refractivity contribution in [1.82, 2.24) is 4.90 Å². The van der Waals surface area contributed by atoms with Crippen LogP contribution in [0.5, 0.6) is 0 Å². The van der Waals surface area contributed by atoms with Gasteiger partial charge in [0.2, 0.25) is 5.91 Å². The van der Waals surface area contributed by atoms with E-state index in [2.05, 4.69) is 5.32 Å². The topological polar surface area (TPSA) is 58.6 Å². The molecule has 0 atom stereocenters. The summed E-state index contributed by atoms with van der Waals surface area (Å²) in [7, 11) is 0. The number of benzene rings is 2. The first kappa shape index (κ1) is 17.9. The Morgan fingerprint density at radius 3 is 2.35 bits per heavy atom. The van der Waals surface area contributed by atoms with Gasteiger partial charge in [0.1, 0.15) is 12.4 Å². The molecule has 0 aliphatic carbocycles. The normalized spacial score (nSPS) is 14.7. The summed E-state index contributed by atoms with van der Waals surface area (Å²) in [6, 6.07) is 15.2. The Balaban J connectivity index is 1.43. The van der Waals surface area contributed by atoms with Gasteiger partial charge in [-0.1, -0.05) is 30.3 Å². The van der Waals surface area contributed by atoms with Crippen LogP contribution in [-0.2, 0) is 16.1 Å². The van der Waals surface area contributed by atoms with Gasteiger partial charge in [0.25, 0.3) is 0 Å². The molecule has 1 aliphatic rings. The van der Waals surface area contributed by atoms with Gasteiger partial charge in [-0.15, -0.1) is 0 Å². The van der Waals surface area contributed by atoms with E-state index in [0.29, 0.717) is 31.6 Å². The summed E-state index contributed by atoms with van der Waals surface area (Å²) in [6.45, 7) is 1.20. The Labute approximate surface area is 151 Å². The van der Waals surface area contributed by atoms with Crippen molar-refractivity contribution >= 4 is 17.7 Å². The quantitative estimate of drug-likeness (QED) is 0.906. The molecular formula is C20H21FN2O3. The van der Waals surface area contributed by atoms with Crippen molar-refractivity contribution < 1.29 is 18.7 Å². The molecule has 1 aliphatic heterocycles. The molecule has 1 fully saturated rings. The molecule has 0 saturated carbocycles. The summed E-state index contributed by atoms with van der Waals surface area (Å²) in [5.74, 6) is -0.613. The third-order valence-corrected chi connectivity index (χ3v) is 4.44. The Bertz CT molecular complexity index is 741. The second kappa shape index (κ2) is 8.47. The molecule has 136 valence electrons. The highest BCUT2D eigenvalue weighted by Crippen LogP contribution is 2.20. The molecular weight excluding hydrogens is 335 g/mol. The first-order valence-corrected chi connectivity index (χ1v) is 8.64. The summed E-state index contributed by atoms with van der Waals surface area (Å²) in [4.78, 5) is 26.1. The molecule has 0 radical (unpaired) electrons. The van der Waals surface area contributed by atoms with E-state index < -0.39 is 0 Å². The van der Waals surface area contributed by atoms with Crippen LogP contribution in [-0.4, -0.2) is 30.0 Å². The molecule has 0 unspecified atom stereocenters. The number of carbonyl (C=O) groups excluding carboxylic acids is 2. The summed E-state index contributed by atoms with van der Waals surface area (Å²) >= 11 is 0. The predicted octanol–water partition coefficient (Wildman–Crippen LogP) is 3.81. The van der Waals surface area contributed by atoms with Crippen molar-refractivity contribution in [2.45, 2.75) is 19.4 Å². The highest BCUT2D eigenvalue weighted by Gasteiger charge is 2.28. The standard InChI is InChI=1S/C20H21FN2O3/c21-17-6-8-18(9-7-17)22-19(24)16-10-12-23(13-11-16)20(25)26-14-15-4-2-1-3-5-15/h1-9,16H,10-14H2,(H,22,24). The Kier molecular flexibility index (Phi) is 5.84. The SMILES string of the molecule is O=C(Nc1ccc(F)cc1)C1CCN(C(=O)OCc2ccccc2)CC1. The minimum absolute atomic E-state index is 0.103. The number of anilines is 1. The number of halogens is 1. The maximum absolute atomic E-state index is 12.9. The minimum atomic E-state index is -0.355. The largest absolute Gasteiger partial charge is 0.445 e. The number of ether oxygens (including phenoxy) is 1. The van der Waals surface area contributed by atoms with Crippen LogP contribution >= 0.6 is 0 Å². The van der Waals surface area contributed by atoms with Crippen molar-refractivity contribution in [3.8, 4) is 0 Å². The van der Waals surface area contributed by atoms with Crippen molar-refractivity contribution in [3.05, 3.63) is 66.0 Å². The van der Waals surface area contributed by atoms with Crippen molar-refractivity contribution in [2.75, 3.05) is 18.4 Å². The summed E-state index contributed by atoms with van der Waals surface area (Å²) in [5.41, 5.74) is 1.51. The smallest absolute Gasteiger partial charge is 0.410 e. The summed E-state index contributed by atoms with van der Waals surface area (Å²) in [6.07, 6.45) is 0.798. The zero-order chi connectivity index (χ0) is 18.4. The number of carbonyl (C=O) groups is 2. The molecule has 2 amide bonds. The van der Waals surface area contributed by atoms with Gasteiger partial charge in [-0.3, -0.25) is 4.79 Å². The van der Waals surface area contributed by atoms with Crippen LogP contribution in [0.4, 0.5) is 14.9 Å². The van der Waals surface area contributed by atoms with E-state index in [1.165, 1.54) is 24.3 Å². The third kappa shape index (κ3) is 4.81. The van der Waals surface area contributed by atoms with Crippen LogP contribution in [0.1, 0.15) is 18.4 Å². The Hall–Kier alpha value is -2.89. The van der Waals surface area contributed by atoms with E-state index in [9.17, 15) is 14.0 Å². The molecule has 1 N–H and O–H groups in total. The van der Waals surface area contributed by atoms with Crippen LogP contribution in [0.2, 0.25) is 0 Å². The average molecular weight is 356 g/mol. The van der Waals surface area contributed by atoms with Crippen LogP contribution in [0.3, 0.4) is 0 Å². The fraction of sp³-hybridized carbons (Fsp3) is 0.300. The Morgan fingerprint density at radius 1 is 1.04 bits per heavy atom. The van der Waals surface area contributed by atoms with Gasteiger partial charge >= 0.3 is 6.09 Å². The van der Waals surface area contributed by atoms with Crippen LogP contribution < -0.4 is 5.32 Å². The number of nitrogens with one attached hydrogen (secondary N) is 1. The van der Waals surface area contributed by atoms with E-state index in [0.717, 1.165) is 5.56 Å². The molecule has 1 heterocycles. The van der Waals surface area contributed by atoms with Crippen molar-refractivity contribution in [1.29, 1.82) is 0 Å². The van der Waals surface area contributed by atoms with Gasteiger partial charge in [0.15, 0.2) is 0 Å². The number of piperidine rings is 1. The van der Waals surface area contributed by atoms with E-state index in [4.69, 9.17) is 4.74 Å². The Morgan fingerprint density at radius 2 is 1.69 bits per heavy atom. The minimum Gasteiger partial charge on any atom is -0.445 e. The highest BCUT2D eigenvalue weighted by atomic mass is 19.1. The van der Waals surface area contributed by atoms with Crippen LogP contribution in [0, 0.1) is 11.7 Å². The average Bonchev–Trinajstić information content (AvgIpc) is 2.69.